The van der Waals surface area contributed by atoms with E-state index in [1.807, 2.05) is 20.0 Å². The van der Waals surface area contributed by atoms with Crippen molar-refractivity contribution in [3.63, 3.8) is 0 Å². The van der Waals surface area contributed by atoms with Gasteiger partial charge in [0, 0.05) is 5.02 Å². The molecule has 106 valence electrons. The minimum absolute atomic E-state index is 0.138. The molecule has 2 heteroatoms. The Morgan fingerprint density at radius 1 is 1.15 bits per heavy atom. The summed E-state index contributed by atoms with van der Waals surface area (Å²) in [4.78, 5) is 0. The highest BCUT2D eigenvalue weighted by molar-refractivity contribution is 6.32. The molecule has 2 aromatic rings. The fourth-order valence-electron chi connectivity index (χ4n) is 2.61. The van der Waals surface area contributed by atoms with E-state index < -0.39 is 0 Å². The zero-order chi connectivity index (χ0) is 14.5. The predicted molar refractivity (Wildman–Crippen MR) is 87.5 cm³/mol. The monoisotopic (exact) mass is 287 g/mol. The molecule has 2 aromatic carbocycles. The maximum Gasteiger partial charge on any atom is 0.0589 e. The molecule has 0 aliphatic carbocycles. The summed E-state index contributed by atoms with van der Waals surface area (Å²) in [5, 5.41) is 4.24. The highest BCUT2D eigenvalue weighted by Gasteiger charge is 2.16. The lowest BCUT2D eigenvalue weighted by atomic mass is 9.95. The largest absolute Gasteiger partial charge is 0.309 e. The third kappa shape index (κ3) is 3.23. The van der Waals surface area contributed by atoms with Gasteiger partial charge >= 0.3 is 0 Å². The summed E-state index contributed by atoms with van der Waals surface area (Å²) in [6.07, 6.45) is 2.28. The Balaban J connectivity index is 2.41. The van der Waals surface area contributed by atoms with Crippen LogP contribution in [0.2, 0.25) is 5.02 Å². The molecule has 0 spiro atoms. The molecule has 0 saturated carbocycles. The van der Waals surface area contributed by atoms with Gasteiger partial charge in [0.05, 0.1) is 6.04 Å². The van der Waals surface area contributed by atoms with Crippen LogP contribution < -0.4 is 5.32 Å². The second kappa shape index (κ2) is 6.92. The number of aryl methyl sites for hydroxylation is 2. The molecule has 2 rings (SSSR count). The fraction of sp³-hybridized carbons (Fsp3) is 0.333. The Morgan fingerprint density at radius 2 is 1.90 bits per heavy atom. The van der Waals surface area contributed by atoms with Gasteiger partial charge in [-0.15, -0.1) is 0 Å². The molecule has 1 unspecified atom stereocenters. The lowest BCUT2D eigenvalue weighted by Crippen LogP contribution is -2.18. The Labute approximate surface area is 127 Å². The van der Waals surface area contributed by atoms with Crippen LogP contribution in [0.3, 0.4) is 0 Å². The standard InChI is InChI=1S/C18H22ClN/c1-4-7-14-9-6-10-15(12-14)18(20-3)16-11-5-8-13(2)17(16)19/h5-6,8-12,18,20H,4,7H2,1-3H3. The average Bonchev–Trinajstić information content (AvgIpc) is 2.45. The van der Waals surface area contributed by atoms with Gasteiger partial charge in [0.1, 0.15) is 0 Å². The Kier molecular flexibility index (Phi) is 5.22. The number of hydrogen-bond donors (Lipinski definition) is 1. The smallest absolute Gasteiger partial charge is 0.0589 e. The van der Waals surface area contributed by atoms with Crippen LogP contribution in [-0.2, 0) is 6.42 Å². The highest BCUT2D eigenvalue weighted by Crippen LogP contribution is 2.30. The molecule has 20 heavy (non-hydrogen) atoms. The van der Waals surface area contributed by atoms with Gasteiger partial charge in [-0.05, 0) is 42.6 Å². The lowest BCUT2D eigenvalue weighted by Gasteiger charge is -2.20. The van der Waals surface area contributed by atoms with Gasteiger partial charge in [-0.2, -0.15) is 0 Å². The first kappa shape index (κ1) is 15.1. The van der Waals surface area contributed by atoms with E-state index >= 15 is 0 Å². The molecule has 0 fully saturated rings. The zero-order valence-corrected chi connectivity index (χ0v) is 13.2. The van der Waals surface area contributed by atoms with E-state index in [4.69, 9.17) is 11.6 Å². The van der Waals surface area contributed by atoms with E-state index in [1.54, 1.807) is 0 Å². The minimum atomic E-state index is 0.138. The minimum Gasteiger partial charge on any atom is -0.309 e. The summed E-state index contributed by atoms with van der Waals surface area (Å²) in [5.74, 6) is 0. The third-order valence-corrected chi connectivity index (χ3v) is 4.16. The number of rotatable bonds is 5. The van der Waals surface area contributed by atoms with Gasteiger partial charge in [0.15, 0.2) is 0 Å². The predicted octanol–water partition coefficient (Wildman–Crippen LogP) is 4.91. The molecule has 0 amide bonds. The molecule has 0 heterocycles. The van der Waals surface area contributed by atoms with E-state index in [2.05, 4.69) is 48.6 Å². The molecule has 1 nitrogen and oxygen atoms in total. The van der Waals surface area contributed by atoms with Crippen LogP contribution >= 0.6 is 11.6 Å². The molecule has 0 bridgehead atoms. The van der Waals surface area contributed by atoms with Crippen molar-refractivity contribution < 1.29 is 0 Å². The Hall–Kier alpha value is -1.31. The van der Waals surface area contributed by atoms with Gasteiger partial charge in [0.2, 0.25) is 0 Å². The van der Waals surface area contributed by atoms with Crippen LogP contribution in [-0.4, -0.2) is 7.05 Å². The quantitative estimate of drug-likeness (QED) is 0.824. The van der Waals surface area contributed by atoms with Crippen molar-refractivity contribution in [2.24, 2.45) is 0 Å². The van der Waals surface area contributed by atoms with Crippen molar-refractivity contribution in [2.45, 2.75) is 32.7 Å². The summed E-state index contributed by atoms with van der Waals surface area (Å²) < 4.78 is 0. The molecular formula is C18H22ClN. The summed E-state index contributed by atoms with van der Waals surface area (Å²) in [5.41, 5.74) is 4.91. The molecule has 0 saturated heterocycles. The number of halogens is 1. The fourth-order valence-corrected chi connectivity index (χ4v) is 2.85. The van der Waals surface area contributed by atoms with Crippen molar-refractivity contribution >= 4 is 11.6 Å². The maximum absolute atomic E-state index is 6.48. The summed E-state index contributed by atoms with van der Waals surface area (Å²) in [6.45, 7) is 4.26. The Morgan fingerprint density at radius 3 is 2.60 bits per heavy atom. The van der Waals surface area contributed by atoms with Crippen LogP contribution in [0.5, 0.6) is 0 Å². The second-order valence-corrected chi connectivity index (χ2v) is 5.57. The number of hydrogen-bond acceptors (Lipinski definition) is 1. The SMILES string of the molecule is CCCc1cccc(C(NC)c2cccc(C)c2Cl)c1. The maximum atomic E-state index is 6.48. The number of nitrogens with one attached hydrogen (secondary N) is 1. The molecule has 1 atom stereocenters. The first-order valence-corrected chi connectivity index (χ1v) is 7.56. The van der Waals surface area contributed by atoms with Gasteiger partial charge in [-0.25, -0.2) is 0 Å². The molecule has 1 N–H and O–H groups in total. The molecule has 0 radical (unpaired) electrons. The summed E-state index contributed by atoms with van der Waals surface area (Å²) >= 11 is 6.48. The van der Waals surface area contributed by atoms with Crippen LogP contribution in [0.25, 0.3) is 0 Å². The van der Waals surface area contributed by atoms with E-state index in [0.717, 1.165) is 22.6 Å². The van der Waals surface area contributed by atoms with E-state index in [0.29, 0.717) is 0 Å². The van der Waals surface area contributed by atoms with Gasteiger partial charge in [-0.3, -0.25) is 0 Å². The third-order valence-electron chi connectivity index (χ3n) is 3.64. The van der Waals surface area contributed by atoms with Crippen molar-refractivity contribution in [2.75, 3.05) is 7.05 Å². The topological polar surface area (TPSA) is 12.0 Å². The Bertz CT molecular complexity index is 577. The van der Waals surface area contributed by atoms with E-state index in [1.165, 1.54) is 17.5 Å². The molecule has 0 aliphatic rings. The summed E-state index contributed by atoms with van der Waals surface area (Å²) in [6, 6.07) is 15.1. The van der Waals surface area contributed by atoms with Crippen molar-refractivity contribution in [3.8, 4) is 0 Å². The van der Waals surface area contributed by atoms with Gasteiger partial charge in [0.25, 0.3) is 0 Å². The van der Waals surface area contributed by atoms with Crippen LogP contribution in [0.4, 0.5) is 0 Å². The summed E-state index contributed by atoms with van der Waals surface area (Å²) in [7, 11) is 1.98. The number of benzene rings is 2. The van der Waals surface area contributed by atoms with Crippen molar-refractivity contribution in [3.05, 3.63) is 69.7 Å². The van der Waals surface area contributed by atoms with Crippen molar-refractivity contribution in [1.29, 1.82) is 0 Å². The van der Waals surface area contributed by atoms with Crippen LogP contribution in [0.1, 0.15) is 41.6 Å². The average molecular weight is 288 g/mol. The molecular weight excluding hydrogens is 266 g/mol. The first-order valence-electron chi connectivity index (χ1n) is 7.18. The lowest BCUT2D eigenvalue weighted by molar-refractivity contribution is 0.690. The van der Waals surface area contributed by atoms with E-state index in [9.17, 15) is 0 Å². The molecule has 0 aliphatic heterocycles. The van der Waals surface area contributed by atoms with Crippen LogP contribution in [0.15, 0.2) is 42.5 Å². The second-order valence-electron chi connectivity index (χ2n) is 5.19. The highest BCUT2D eigenvalue weighted by atomic mass is 35.5. The normalized spacial score (nSPS) is 12.4. The van der Waals surface area contributed by atoms with Gasteiger partial charge in [-0.1, -0.05) is 67.4 Å². The first-order chi connectivity index (χ1) is 9.67. The van der Waals surface area contributed by atoms with Crippen molar-refractivity contribution in [1.82, 2.24) is 5.32 Å². The van der Waals surface area contributed by atoms with E-state index in [-0.39, 0.29) is 6.04 Å². The zero-order valence-electron chi connectivity index (χ0n) is 12.4. The van der Waals surface area contributed by atoms with Gasteiger partial charge < -0.3 is 5.32 Å². The molecule has 0 aromatic heterocycles. The van der Waals surface area contributed by atoms with Crippen LogP contribution in [0, 0.1) is 6.92 Å².